The molecule has 0 N–H and O–H groups in total. The highest BCUT2D eigenvalue weighted by Gasteiger charge is 2.59. The molecule has 1 fully saturated rings. The van der Waals surface area contributed by atoms with E-state index in [2.05, 4.69) is 263 Å². The summed E-state index contributed by atoms with van der Waals surface area (Å²) in [7, 11) is 0. The number of rotatable bonds is 3. The fraction of sp³-hybridized carbons (Fsp3) is 0.494. The Bertz CT molecular complexity index is 4330. The third kappa shape index (κ3) is 8.01. The van der Waals surface area contributed by atoms with Crippen molar-refractivity contribution >= 4 is 90.5 Å². The molecular weight excluding hydrogens is 1070 g/mol. The van der Waals surface area contributed by atoms with Gasteiger partial charge >= 0.3 is 0 Å². The van der Waals surface area contributed by atoms with E-state index >= 15 is 0 Å². The Labute approximate surface area is 529 Å². The van der Waals surface area contributed by atoms with Gasteiger partial charge in [0.2, 0.25) is 0 Å². The number of anilines is 8. The number of nitrogens with zero attached hydrogens (tertiary/aromatic N) is 3. The Hall–Kier alpha value is -6.20. The normalized spacial score (nSPS) is 23.8. The summed E-state index contributed by atoms with van der Waals surface area (Å²) in [5.41, 5.74) is 30.6. The SMILES string of the molecule is Cc1cc2c(cc1N1c3cc(N4c5ccc(C(C)(C)C)cc5C5(C)CCCCC45C)cc4c3B(c3cc5c(cc3N4c3ccc4c(c3)C(C)(C)CCC4(C)C)C(C)(C)CCC5(C)C)c3ccc4c(oc5ccc(C(C)(C)C)cc54)c31)C(C)(C)CCC2(C)C. The summed E-state index contributed by atoms with van der Waals surface area (Å²) in [6, 6.07) is 43.5. The lowest BCUT2D eigenvalue weighted by atomic mass is 9.33. The van der Waals surface area contributed by atoms with Crippen molar-refractivity contribution in [2.75, 3.05) is 14.7 Å². The standard InChI is InChI=1S/C83H100BN3O/c1-49-40-57-60(80(16,17)38-36-77(57,10)11)47-66(49)86-69-45-53(87-65-30-24-51(75(5,6)7)42-62(65)82(20)32-22-23-33-83(82,87)21)44-68-71(69)84(63-29-27-54-55-41-50(74(2,3)4)25-31-70(55)88-73(54)72(63)86)64-46-59-61(81(18,19)39-37-79(59,14)15)48-67(64)85(68)52-26-28-56-58(43-52)78(12,13)35-34-76(56,8)9/h24-31,40-48H,22-23,32-39H2,1-21H3. The molecule has 1 aromatic heterocycles. The molecule has 7 aliphatic rings. The molecule has 15 rings (SSSR count). The Morgan fingerprint density at radius 1 is 0.398 bits per heavy atom. The minimum Gasteiger partial charge on any atom is -0.454 e. The third-order valence-electron chi connectivity index (χ3n) is 25.2. The lowest BCUT2D eigenvalue weighted by Gasteiger charge is -2.51. The minimum absolute atomic E-state index is 0.00496. The van der Waals surface area contributed by atoms with E-state index < -0.39 is 0 Å². The van der Waals surface area contributed by atoms with Gasteiger partial charge in [0, 0.05) is 56.0 Å². The molecule has 2 unspecified atom stereocenters. The Morgan fingerprint density at radius 3 is 1.53 bits per heavy atom. The van der Waals surface area contributed by atoms with Gasteiger partial charge in [-0.2, -0.15) is 0 Å². The number of benzene rings is 7. The van der Waals surface area contributed by atoms with Crippen molar-refractivity contribution in [3.8, 4) is 0 Å². The summed E-state index contributed by atoms with van der Waals surface area (Å²) in [5, 5.41) is 2.37. The molecule has 7 aromatic carbocycles. The number of aryl methyl sites for hydroxylation is 1. The van der Waals surface area contributed by atoms with Crippen molar-refractivity contribution in [1.29, 1.82) is 0 Å². The second kappa shape index (κ2) is 18.1. The van der Waals surface area contributed by atoms with Gasteiger partial charge in [0.1, 0.15) is 5.58 Å². The molecule has 0 radical (unpaired) electrons. The van der Waals surface area contributed by atoms with Gasteiger partial charge in [0.05, 0.1) is 11.2 Å². The van der Waals surface area contributed by atoms with Gasteiger partial charge in [-0.05, 0) is 235 Å². The molecule has 4 nitrogen and oxygen atoms in total. The summed E-state index contributed by atoms with van der Waals surface area (Å²) in [4.78, 5) is 8.46. The monoisotopic (exact) mass is 1170 g/mol. The van der Waals surface area contributed by atoms with Crippen LogP contribution in [0.4, 0.5) is 45.5 Å². The van der Waals surface area contributed by atoms with Gasteiger partial charge in [-0.25, -0.2) is 0 Å². The van der Waals surface area contributed by atoms with Crippen LogP contribution in [0.25, 0.3) is 21.9 Å². The van der Waals surface area contributed by atoms with Crippen LogP contribution >= 0.6 is 0 Å². The molecule has 88 heavy (non-hydrogen) atoms. The van der Waals surface area contributed by atoms with Crippen LogP contribution in [0, 0.1) is 6.92 Å². The quantitative estimate of drug-likeness (QED) is 0.164. The summed E-state index contributed by atoms with van der Waals surface area (Å²) in [6.45, 7) is 51.8. The van der Waals surface area contributed by atoms with Crippen LogP contribution in [0.3, 0.4) is 0 Å². The molecule has 5 heteroatoms. The average molecular weight is 1170 g/mol. The highest BCUT2D eigenvalue weighted by Crippen LogP contribution is 2.63. The maximum absolute atomic E-state index is 7.62. The Balaban J connectivity index is 1.13. The van der Waals surface area contributed by atoms with Crippen LogP contribution < -0.4 is 31.1 Å². The molecule has 2 atom stereocenters. The predicted octanol–water partition coefficient (Wildman–Crippen LogP) is 21.4. The third-order valence-corrected chi connectivity index (χ3v) is 25.2. The highest BCUT2D eigenvalue weighted by atomic mass is 16.3. The topological polar surface area (TPSA) is 22.9 Å². The molecule has 0 amide bonds. The lowest BCUT2D eigenvalue weighted by molar-refractivity contribution is 0.195. The van der Waals surface area contributed by atoms with Crippen molar-refractivity contribution in [2.24, 2.45) is 0 Å². The molecular formula is C83H100BN3O. The fourth-order valence-electron chi connectivity index (χ4n) is 18.7. The molecule has 8 aromatic rings. The fourth-order valence-corrected chi connectivity index (χ4v) is 18.7. The van der Waals surface area contributed by atoms with Crippen molar-refractivity contribution in [3.63, 3.8) is 0 Å². The lowest BCUT2D eigenvalue weighted by Crippen LogP contribution is -2.62. The second-order valence-electron chi connectivity index (χ2n) is 35.7. The van der Waals surface area contributed by atoms with E-state index in [-0.39, 0.29) is 61.0 Å². The summed E-state index contributed by atoms with van der Waals surface area (Å²) in [6.07, 6.45) is 11.7. The van der Waals surface area contributed by atoms with Gasteiger partial charge < -0.3 is 19.1 Å². The second-order valence-corrected chi connectivity index (χ2v) is 35.7. The largest absolute Gasteiger partial charge is 0.454 e. The predicted molar refractivity (Wildman–Crippen MR) is 379 cm³/mol. The Morgan fingerprint density at radius 2 is 0.920 bits per heavy atom. The first kappa shape index (κ1) is 58.2. The van der Waals surface area contributed by atoms with Crippen LogP contribution in [0.15, 0.2) is 108 Å². The molecule has 4 heterocycles. The zero-order valence-corrected chi connectivity index (χ0v) is 57.7. The number of hydrogen-bond acceptors (Lipinski definition) is 4. The summed E-state index contributed by atoms with van der Waals surface area (Å²) >= 11 is 0. The van der Waals surface area contributed by atoms with Crippen LogP contribution in [0.2, 0.25) is 0 Å². The molecule has 0 bridgehead atoms. The molecule has 456 valence electrons. The average Bonchev–Trinajstić information content (AvgIpc) is 1.17. The van der Waals surface area contributed by atoms with E-state index in [1.54, 1.807) is 0 Å². The van der Waals surface area contributed by atoms with Gasteiger partial charge in [-0.3, -0.25) is 0 Å². The van der Waals surface area contributed by atoms with Crippen molar-refractivity contribution in [3.05, 3.63) is 159 Å². The maximum Gasteiger partial charge on any atom is 0.252 e. The smallest absolute Gasteiger partial charge is 0.252 e. The zero-order valence-electron chi connectivity index (χ0n) is 57.7. The van der Waals surface area contributed by atoms with Crippen LogP contribution in [-0.2, 0) is 48.7 Å². The molecule has 0 saturated heterocycles. The first-order chi connectivity index (χ1) is 41.0. The van der Waals surface area contributed by atoms with Crippen molar-refractivity contribution < 1.29 is 4.42 Å². The first-order valence-electron chi connectivity index (χ1n) is 34.2. The molecule has 1 saturated carbocycles. The first-order valence-corrected chi connectivity index (χ1v) is 34.2. The van der Waals surface area contributed by atoms with Crippen LogP contribution in [-0.4, -0.2) is 12.3 Å². The molecule has 0 spiro atoms. The van der Waals surface area contributed by atoms with Crippen LogP contribution in [0.1, 0.15) is 258 Å². The zero-order chi connectivity index (χ0) is 62.5. The maximum atomic E-state index is 7.62. The van der Waals surface area contributed by atoms with Gasteiger partial charge in [0.15, 0.2) is 5.58 Å². The summed E-state index contributed by atoms with van der Waals surface area (Å²) in [5.74, 6) is 0. The number of furan rings is 1. The van der Waals surface area contributed by atoms with E-state index in [0.717, 1.165) is 43.3 Å². The molecule has 4 aliphatic carbocycles. The van der Waals surface area contributed by atoms with Gasteiger partial charge in [-0.15, -0.1) is 0 Å². The molecule has 3 aliphatic heterocycles. The summed E-state index contributed by atoms with van der Waals surface area (Å²) < 4.78 is 7.62. The van der Waals surface area contributed by atoms with Crippen molar-refractivity contribution in [2.45, 2.75) is 264 Å². The van der Waals surface area contributed by atoms with Gasteiger partial charge in [0.25, 0.3) is 6.71 Å². The van der Waals surface area contributed by atoms with E-state index in [0.29, 0.717) is 0 Å². The van der Waals surface area contributed by atoms with Crippen molar-refractivity contribution in [1.82, 2.24) is 0 Å². The van der Waals surface area contributed by atoms with E-state index in [1.165, 1.54) is 160 Å². The highest BCUT2D eigenvalue weighted by molar-refractivity contribution is 7.00. The van der Waals surface area contributed by atoms with E-state index in [9.17, 15) is 0 Å². The van der Waals surface area contributed by atoms with E-state index in [4.69, 9.17) is 4.42 Å². The minimum atomic E-state index is -0.191. The number of hydrogen-bond donors (Lipinski definition) is 0. The Kier molecular flexibility index (Phi) is 11.9. The van der Waals surface area contributed by atoms with E-state index in [1.807, 2.05) is 0 Å². The number of fused-ring (bicyclic) bond motifs is 14. The van der Waals surface area contributed by atoms with Crippen LogP contribution in [0.5, 0.6) is 0 Å². The van der Waals surface area contributed by atoms with Gasteiger partial charge in [-0.1, -0.05) is 193 Å².